The van der Waals surface area contributed by atoms with E-state index in [1.165, 1.54) is 30.4 Å². The van der Waals surface area contributed by atoms with E-state index >= 15 is 0 Å². The molecule has 0 atom stereocenters. The van der Waals surface area contributed by atoms with Gasteiger partial charge in [-0.25, -0.2) is 0 Å². The van der Waals surface area contributed by atoms with Crippen LogP contribution in [0.4, 0.5) is 0 Å². The molecule has 0 radical (unpaired) electrons. The van der Waals surface area contributed by atoms with E-state index < -0.39 is 5.60 Å². The highest BCUT2D eigenvalue weighted by Gasteiger charge is 2.31. The van der Waals surface area contributed by atoms with E-state index in [4.69, 9.17) is 0 Å². The van der Waals surface area contributed by atoms with Gasteiger partial charge in [0.25, 0.3) is 0 Å². The lowest BCUT2D eigenvalue weighted by atomic mass is 9.78. The molecule has 1 fully saturated rings. The van der Waals surface area contributed by atoms with Crippen molar-refractivity contribution in [3.05, 3.63) is 33.8 Å². The molecular weight excluding hydrogens is 314 g/mol. The van der Waals surface area contributed by atoms with Crippen LogP contribution in [0.3, 0.4) is 0 Å². The summed E-state index contributed by atoms with van der Waals surface area (Å²) in [7, 11) is 0. The Morgan fingerprint density at radius 2 is 2.05 bits per heavy atom. The molecule has 1 saturated carbocycles. The Morgan fingerprint density at radius 3 is 2.65 bits per heavy atom. The van der Waals surface area contributed by atoms with E-state index in [1.54, 1.807) is 0 Å². The van der Waals surface area contributed by atoms with E-state index in [0.717, 1.165) is 29.8 Å². The van der Waals surface area contributed by atoms with E-state index in [-0.39, 0.29) is 0 Å². The molecular formula is C17H26BrNO. The summed E-state index contributed by atoms with van der Waals surface area (Å²) in [6.07, 6.45) is 5.48. The Labute approximate surface area is 131 Å². The summed E-state index contributed by atoms with van der Waals surface area (Å²) in [6.45, 7) is 5.89. The minimum atomic E-state index is -0.490. The first kappa shape index (κ1) is 16.0. The third kappa shape index (κ3) is 4.31. The number of rotatable bonds is 5. The molecule has 0 bridgehead atoms. The molecule has 0 saturated heterocycles. The summed E-state index contributed by atoms with van der Waals surface area (Å²) in [5.41, 5.74) is 2.04. The van der Waals surface area contributed by atoms with Crippen molar-refractivity contribution < 1.29 is 5.11 Å². The fraction of sp³-hybridized carbons (Fsp3) is 0.647. The Kier molecular flexibility index (Phi) is 5.65. The molecule has 2 N–H and O–H groups in total. The quantitative estimate of drug-likeness (QED) is 0.843. The zero-order valence-corrected chi connectivity index (χ0v) is 14.2. The number of aliphatic hydroxyl groups is 1. The number of hydrogen-bond donors (Lipinski definition) is 2. The predicted molar refractivity (Wildman–Crippen MR) is 87.8 cm³/mol. The van der Waals surface area contributed by atoms with E-state index in [0.29, 0.717) is 6.54 Å². The van der Waals surface area contributed by atoms with Gasteiger partial charge < -0.3 is 10.4 Å². The summed E-state index contributed by atoms with van der Waals surface area (Å²) in [5.74, 6) is 0.824. The van der Waals surface area contributed by atoms with Gasteiger partial charge >= 0.3 is 0 Å². The largest absolute Gasteiger partial charge is 0.389 e. The molecule has 2 nitrogen and oxygen atoms in total. The van der Waals surface area contributed by atoms with Crippen molar-refractivity contribution in [1.29, 1.82) is 0 Å². The topological polar surface area (TPSA) is 32.3 Å². The summed E-state index contributed by atoms with van der Waals surface area (Å²) in [5, 5.41) is 14.0. The second-order valence-corrected chi connectivity index (χ2v) is 7.12. The van der Waals surface area contributed by atoms with E-state index in [1.807, 2.05) is 0 Å². The van der Waals surface area contributed by atoms with Crippen molar-refractivity contribution in [2.24, 2.45) is 5.92 Å². The third-order valence-corrected chi connectivity index (χ3v) is 5.51. The minimum Gasteiger partial charge on any atom is -0.389 e. The summed E-state index contributed by atoms with van der Waals surface area (Å²) >= 11 is 3.52. The summed E-state index contributed by atoms with van der Waals surface area (Å²) in [4.78, 5) is 0. The van der Waals surface area contributed by atoms with Crippen LogP contribution in [0, 0.1) is 12.8 Å². The highest BCUT2D eigenvalue weighted by atomic mass is 79.9. The predicted octanol–water partition coefficient (Wildman–Crippen LogP) is 4.18. The molecule has 1 aliphatic rings. The summed E-state index contributed by atoms with van der Waals surface area (Å²) < 4.78 is 1.15. The monoisotopic (exact) mass is 339 g/mol. The molecule has 1 aromatic rings. The SMILES string of the molecule is CCC1CCC(O)(CNCc2ccc(Br)c(C)c2)CC1. The van der Waals surface area contributed by atoms with Crippen LogP contribution in [0.25, 0.3) is 0 Å². The standard InChI is InChI=1S/C17H26BrNO/c1-3-14-6-8-17(20,9-7-14)12-19-11-15-4-5-16(18)13(2)10-15/h4-5,10,14,19-20H,3,6-9,11-12H2,1-2H3. The number of benzene rings is 1. The molecule has 2 rings (SSSR count). The van der Waals surface area contributed by atoms with Gasteiger partial charge in [-0.05, 0) is 55.7 Å². The smallest absolute Gasteiger partial charge is 0.0771 e. The van der Waals surface area contributed by atoms with Gasteiger partial charge in [0.05, 0.1) is 5.60 Å². The second-order valence-electron chi connectivity index (χ2n) is 6.26. The summed E-state index contributed by atoms with van der Waals surface area (Å²) in [6, 6.07) is 6.41. The van der Waals surface area contributed by atoms with Crippen molar-refractivity contribution in [3.63, 3.8) is 0 Å². The molecule has 3 heteroatoms. The molecule has 0 amide bonds. The van der Waals surface area contributed by atoms with Gasteiger partial charge in [0, 0.05) is 17.6 Å². The number of nitrogens with one attached hydrogen (secondary N) is 1. The molecule has 1 aliphatic carbocycles. The van der Waals surface area contributed by atoms with Crippen LogP contribution in [-0.4, -0.2) is 17.3 Å². The molecule has 1 aromatic carbocycles. The fourth-order valence-electron chi connectivity index (χ4n) is 3.06. The molecule has 0 unspecified atom stereocenters. The molecule has 0 aliphatic heterocycles. The Balaban J connectivity index is 1.79. The first-order valence-corrected chi connectivity index (χ1v) is 8.50. The van der Waals surface area contributed by atoms with Crippen LogP contribution in [0.2, 0.25) is 0 Å². The molecule has 0 spiro atoms. The highest BCUT2D eigenvalue weighted by Crippen LogP contribution is 2.33. The molecule has 112 valence electrons. The average Bonchev–Trinajstić information content (AvgIpc) is 2.44. The number of halogens is 1. The van der Waals surface area contributed by atoms with Crippen molar-refractivity contribution in [1.82, 2.24) is 5.32 Å². The molecule has 20 heavy (non-hydrogen) atoms. The second kappa shape index (κ2) is 7.06. The Morgan fingerprint density at radius 1 is 1.35 bits per heavy atom. The van der Waals surface area contributed by atoms with Crippen molar-refractivity contribution >= 4 is 15.9 Å². The Hall–Kier alpha value is -0.380. The van der Waals surface area contributed by atoms with Crippen molar-refractivity contribution in [2.45, 2.75) is 58.1 Å². The van der Waals surface area contributed by atoms with E-state index in [9.17, 15) is 5.11 Å². The zero-order valence-electron chi connectivity index (χ0n) is 12.6. The molecule has 0 heterocycles. The van der Waals surface area contributed by atoms with Gasteiger partial charge in [-0.15, -0.1) is 0 Å². The molecule has 0 aromatic heterocycles. The van der Waals surface area contributed by atoms with Gasteiger partial charge in [0.2, 0.25) is 0 Å². The normalized spacial score (nSPS) is 26.7. The lowest BCUT2D eigenvalue weighted by Crippen LogP contribution is -2.43. The number of aryl methyl sites for hydroxylation is 1. The van der Waals surface area contributed by atoms with Gasteiger partial charge in [0.1, 0.15) is 0 Å². The average molecular weight is 340 g/mol. The van der Waals surface area contributed by atoms with Crippen LogP contribution in [0.15, 0.2) is 22.7 Å². The fourth-order valence-corrected chi connectivity index (χ4v) is 3.30. The van der Waals surface area contributed by atoms with Gasteiger partial charge in [-0.3, -0.25) is 0 Å². The Bertz CT molecular complexity index is 439. The maximum atomic E-state index is 10.6. The van der Waals surface area contributed by atoms with Gasteiger partial charge in [0.15, 0.2) is 0 Å². The lowest BCUT2D eigenvalue weighted by molar-refractivity contribution is -0.00881. The van der Waals surface area contributed by atoms with Crippen LogP contribution in [0.1, 0.15) is 50.2 Å². The van der Waals surface area contributed by atoms with E-state index in [2.05, 4.69) is 53.3 Å². The van der Waals surface area contributed by atoms with Crippen LogP contribution in [0.5, 0.6) is 0 Å². The zero-order chi connectivity index (χ0) is 14.6. The number of hydrogen-bond acceptors (Lipinski definition) is 2. The maximum absolute atomic E-state index is 10.6. The lowest BCUT2D eigenvalue weighted by Gasteiger charge is -2.36. The third-order valence-electron chi connectivity index (χ3n) is 4.62. The highest BCUT2D eigenvalue weighted by molar-refractivity contribution is 9.10. The van der Waals surface area contributed by atoms with Crippen LogP contribution in [-0.2, 0) is 6.54 Å². The van der Waals surface area contributed by atoms with Crippen LogP contribution < -0.4 is 5.32 Å². The van der Waals surface area contributed by atoms with Gasteiger partial charge in [-0.1, -0.05) is 41.4 Å². The van der Waals surface area contributed by atoms with Crippen molar-refractivity contribution in [3.8, 4) is 0 Å². The minimum absolute atomic E-state index is 0.490. The first-order valence-electron chi connectivity index (χ1n) is 7.70. The van der Waals surface area contributed by atoms with Crippen LogP contribution >= 0.6 is 15.9 Å². The van der Waals surface area contributed by atoms with Crippen molar-refractivity contribution in [2.75, 3.05) is 6.54 Å². The first-order chi connectivity index (χ1) is 9.52. The maximum Gasteiger partial charge on any atom is 0.0771 e. The van der Waals surface area contributed by atoms with Gasteiger partial charge in [-0.2, -0.15) is 0 Å².